The topological polar surface area (TPSA) is 118 Å². The highest BCUT2D eigenvalue weighted by atomic mass is 16.6. The zero-order valence-corrected chi connectivity index (χ0v) is 10.4. The zero-order valence-electron chi connectivity index (χ0n) is 10.4. The van der Waals surface area contributed by atoms with E-state index in [1.54, 1.807) is 6.92 Å². The van der Waals surface area contributed by atoms with Crippen LogP contribution in [0.2, 0.25) is 0 Å². The highest BCUT2D eigenvalue weighted by Gasteiger charge is 2.14. The van der Waals surface area contributed by atoms with Gasteiger partial charge in [0.1, 0.15) is 11.4 Å². The van der Waals surface area contributed by atoms with E-state index in [2.05, 4.69) is 15.3 Å². The van der Waals surface area contributed by atoms with Gasteiger partial charge in [-0.3, -0.25) is 19.9 Å². The van der Waals surface area contributed by atoms with Crippen LogP contribution in [-0.4, -0.2) is 25.9 Å². The van der Waals surface area contributed by atoms with Crippen LogP contribution in [0.1, 0.15) is 16.2 Å². The van der Waals surface area contributed by atoms with Crippen molar-refractivity contribution >= 4 is 17.3 Å². The van der Waals surface area contributed by atoms with Crippen LogP contribution >= 0.6 is 0 Å². The van der Waals surface area contributed by atoms with Crippen LogP contribution in [0.4, 0.5) is 11.4 Å². The number of amides is 1. The first-order valence-electron chi connectivity index (χ1n) is 5.55. The van der Waals surface area contributed by atoms with Crippen LogP contribution in [0.25, 0.3) is 0 Å². The highest BCUT2D eigenvalue weighted by Crippen LogP contribution is 2.27. The van der Waals surface area contributed by atoms with Crippen molar-refractivity contribution < 1.29 is 14.8 Å². The van der Waals surface area contributed by atoms with Gasteiger partial charge in [0, 0.05) is 18.3 Å². The molecule has 0 aliphatic rings. The number of hydrogen-bond donors (Lipinski definition) is 2. The van der Waals surface area contributed by atoms with Crippen molar-refractivity contribution in [2.45, 2.75) is 6.92 Å². The van der Waals surface area contributed by atoms with Gasteiger partial charge in [0.25, 0.3) is 11.6 Å². The number of carbonyl (C=O) groups is 1. The molecule has 0 atom stereocenters. The van der Waals surface area contributed by atoms with E-state index in [9.17, 15) is 20.0 Å². The summed E-state index contributed by atoms with van der Waals surface area (Å²) >= 11 is 0. The average Bonchev–Trinajstić information content (AvgIpc) is 2.41. The summed E-state index contributed by atoms with van der Waals surface area (Å²) in [5, 5.41) is 22.6. The van der Waals surface area contributed by atoms with Crippen LogP contribution in [0.3, 0.4) is 0 Å². The quantitative estimate of drug-likeness (QED) is 0.499. The lowest BCUT2D eigenvalue weighted by molar-refractivity contribution is -0.384. The van der Waals surface area contributed by atoms with Crippen LogP contribution < -0.4 is 5.32 Å². The minimum atomic E-state index is -0.624. The Kier molecular flexibility index (Phi) is 3.56. The minimum Gasteiger partial charge on any atom is -0.506 e. The molecular weight excluding hydrogens is 264 g/mol. The van der Waals surface area contributed by atoms with Crippen LogP contribution in [-0.2, 0) is 0 Å². The molecule has 20 heavy (non-hydrogen) atoms. The lowest BCUT2D eigenvalue weighted by Crippen LogP contribution is -2.14. The third kappa shape index (κ3) is 2.86. The number of non-ortho nitro benzene ring substituents is 1. The fraction of sp³-hybridized carbons (Fsp3) is 0.0833. The number of anilines is 1. The number of nitro benzene ring substituents is 1. The van der Waals surface area contributed by atoms with E-state index in [1.165, 1.54) is 12.4 Å². The first-order chi connectivity index (χ1) is 9.47. The summed E-state index contributed by atoms with van der Waals surface area (Å²) in [6.07, 6.45) is 2.70. The maximum atomic E-state index is 11.9. The van der Waals surface area contributed by atoms with Crippen molar-refractivity contribution in [3.8, 4) is 5.75 Å². The number of hydrogen-bond acceptors (Lipinski definition) is 6. The second kappa shape index (κ2) is 5.31. The Morgan fingerprint density at radius 1 is 1.35 bits per heavy atom. The Bertz CT molecular complexity index is 670. The molecule has 102 valence electrons. The largest absolute Gasteiger partial charge is 0.506 e. The van der Waals surface area contributed by atoms with Crippen molar-refractivity contribution in [2.75, 3.05) is 5.32 Å². The van der Waals surface area contributed by atoms with E-state index in [0.717, 1.165) is 18.2 Å². The maximum absolute atomic E-state index is 11.9. The summed E-state index contributed by atoms with van der Waals surface area (Å²) in [6, 6.07) is 3.33. The zero-order chi connectivity index (χ0) is 14.7. The molecule has 0 aliphatic heterocycles. The highest BCUT2D eigenvalue weighted by molar-refractivity contribution is 6.03. The summed E-state index contributed by atoms with van der Waals surface area (Å²) in [6.45, 7) is 1.72. The third-order valence-electron chi connectivity index (χ3n) is 2.45. The van der Waals surface area contributed by atoms with Gasteiger partial charge >= 0.3 is 0 Å². The van der Waals surface area contributed by atoms with Gasteiger partial charge in [-0.05, 0) is 13.0 Å². The van der Waals surface area contributed by atoms with Crippen LogP contribution in [0.5, 0.6) is 5.75 Å². The molecule has 8 heteroatoms. The van der Waals surface area contributed by atoms with Crippen molar-refractivity contribution in [3.05, 3.63) is 52.1 Å². The molecule has 0 aliphatic carbocycles. The summed E-state index contributed by atoms with van der Waals surface area (Å²) in [5.74, 6) is -0.891. The van der Waals surface area contributed by atoms with Crippen LogP contribution in [0, 0.1) is 17.0 Å². The van der Waals surface area contributed by atoms with E-state index >= 15 is 0 Å². The predicted molar refractivity (Wildman–Crippen MR) is 69.5 cm³/mol. The van der Waals surface area contributed by atoms with E-state index in [1.807, 2.05) is 0 Å². The molecule has 2 aromatic rings. The van der Waals surface area contributed by atoms with E-state index < -0.39 is 10.8 Å². The fourth-order valence-corrected chi connectivity index (χ4v) is 1.43. The second-order valence-electron chi connectivity index (χ2n) is 3.96. The van der Waals surface area contributed by atoms with Gasteiger partial charge < -0.3 is 10.4 Å². The van der Waals surface area contributed by atoms with Crippen molar-refractivity contribution in [1.82, 2.24) is 9.97 Å². The Morgan fingerprint density at radius 3 is 2.70 bits per heavy atom. The minimum absolute atomic E-state index is 0.0431. The molecule has 0 saturated heterocycles. The van der Waals surface area contributed by atoms with Gasteiger partial charge in [-0.25, -0.2) is 4.98 Å². The Hall–Kier alpha value is -3.03. The monoisotopic (exact) mass is 274 g/mol. The Balaban J connectivity index is 2.25. The first-order valence-corrected chi connectivity index (χ1v) is 5.55. The number of phenols is 1. The number of nitrogens with zero attached hydrogens (tertiary/aromatic N) is 3. The van der Waals surface area contributed by atoms with Crippen LogP contribution in [0.15, 0.2) is 30.6 Å². The van der Waals surface area contributed by atoms with Gasteiger partial charge in [0.05, 0.1) is 22.5 Å². The lowest BCUT2D eigenvalue weighted by Gasteiger charge is -2.06. The molecule has 0 bridgehead atoms. The molecular formula is C12H10N4O4. The molecule has 2 N–H and O–H groups in total. The van der Waals surface area contributed by atoms with Gasteiger partial charge in [0.2, 0.25) is 0 Å². The molecule has 8 nitrogen and oxygen atoms in total. The molecule has 0 saturated carbocycles. The number of benzene rings is 1. The van der Waals surface area contributed by atoms with Gasteiger partial charge in [-0.1, -0.05) is 0 Å². The number of carbonyl (C=O) groups excluding carboxylic acids is 1. The predicted octanol–water partition coefficient (Wildman–Crippen LogP) is 1.65. The number of rotatable bonds is 3. The van der Waals surface area contributed by atoms with Crippen molar-refractivity contribution in [1.29, 1.82) is 0 Å². The number of phenolic OH excluding ortho intramolecular Hbond substituents is 1. The maximum Gasteiger partial charge on any atom is 0.275 e. The summed E-state index contributed by atoms with van der Waals surface area (Å²) in [5.41, 5.74) is 0.390. The standard InChI is InChI=1S/C12H10N4O4/c1-7-5-14-10(6-13-7)12(18)15-9-4-8(16(19)20)2-3-11(9)17/h2-6,17H,1H3,(H,15,18). The van der Waals surface area contributed by atoms with Crippen molar-refractivity contribution in [3.63, 3.8) is 0 Å². The molecule has 1 heterocycles. The molecule has 2 rings (SSSR count). The lowest BCUT2D eigenvalue weighted by atomic mass is 10.2. The summed E-state index contributed by atoms with van der Waals surface area (Å²) in [4.78, 5) is 29.7. The first kappa shape index (κ1) is 13.4. The molecule has 0 unspecified atom stereocenters. The SMILES string of the molecule is Cc1cnc(C(=O)Nc2cc([N+](=O)[O-])ccc2O)cn1. The van der Waals surface area contributed by atoms with Gasteiger partial charge in [-0.15, -0.1) is 0 Å². The Labute approximate surface area is 113 Å². The van der Waals surface area contributed by atoms with Gasteiger partial charge in [-0.2, -0.15) is 0 Å². The summed E-state index contributed by atoms with van der Waals surface area (Å²) in [7, 11) is 0. The van der Waals surface area contributed by atoms with E-state index in [0.29, 0.717) is 5.69 Å². The summed E-state index contributed by atoms with van der Waals surface area (Å²) < 4.78 is 0. The average molecular weight is 274 g/mol. The van der Waals surface area contributed by atoms with E-state index in [4.69, 9.17) is 0 Å². The number of aryl methyl sites for hydroxylation is 1. The Morgan fingerprint density at radius 2 is 2.10 bits per heavy atom. The molecule has 0 spiro atoms. The smallest absolute Gasteiger partial charge is 0.275 e. The molecule has 0 radical (unpaired) electrons. The molecule has 1 aromatic carbocycles. The fourth-order valence-electron chi connectivity index (χ4n) is 1.43. The second-order valence-corrected chi connectivity index (χ2v) is 3.96. The third-order valence-corrected chi connectivity index (χ3v) is 2.45. The number of aromatic hydroxyl groups is 1. The number of nitrogens with one attached hydrogen (secondary N) is 1. The van der Waals surface area contributed by atoms with E-state index in [-0.39, 0.29) is 22.8 Å². The molecule has 1 amide bonds. The normalized spacial score (nSPS) is 10.1. The molecule has 0 fully saturated rings. The molecule has 1 aromatic heterocycles. The number of nitro groups is 1. The number of aromatic nitrogens is 2. The van der Waals surface area contributed by atoms with Crippen molar-refractivity contribution in [2.24, 2.45) is 0 Å². The van der Waals surface area contributed by atoms with Gasteiger partial charge in [0.15, 0.2) is 0 Å².